The van der Waals surface area contributed by atoms with Crippen LogP contribution in [0.3, 0.4) is 0 Å². The fourth-order valence-electron chi connectivity index (χ4n) is 5.41. The van der Waals surface area contributed by atoms with Gasteiger partial charge in [0.2, 0.25) is 11.8 Å². The van der Waals surface area contributed by atoms with Gasteiger partial charge in [-0.15, -0.1) is 0 Å². The molecule has 9 nitrogen and oxygen atoms in total. The molecule has 1 atom stereocenters. The van der Waals surface area contributed by atoms with Crippen molar-refractivity contribution in [2.45, 2.75) is 44.7 Å². The molecule has 4 aromatic carbocycles. The number of hydrogen-bond acceptors (Lipinski definition) is 6. The highest BCUT2D eigenvalue weighted by Gasteiger charge is 2.35. The molecular formula is C36H40ClN3O6S. The number of carbonyl (C=O) groups excluding carboxylic acids is 2. The molecule has 0 aliphatic heterocycles. The lowest BCUT2D eigenvalue weighted by Gasteiger charge is -2.34. The Kier molecular flexibility index (Phi) is 11.9. The van der Waals surface area contributed by atoms with Crippen molar-refractivity contribution >= 4 is 39.1 Å². The first-order chi connectivity index (χ1) is 22.5. The van der Waals surface area contributed by atoms with Gasteiger partial charge < -0.3 is 19.7 Å². The molecule has 0 spiro atoms. The largest absolute Gasteiger partial charge is 0.493 e. The SMILES string of the molecule is CCNC(=O)[C@H](Cc1ccccc1)N(Cc1cccc(Cl)c1)C(=O)CN(c1cc(C)cc(C)c1)S(=O)(=O)c1ccc(OC)c(OC)c1. The van der Waals surface area contributed by atoms with Crippen molar-refractivity contribution in [2.75, 3.05) is 31.6 Å². The minimum absolute atomic E-state index is 0.0190. The fraction of sp³-hybridized carbons (Fsp3) is 0.278. The molecule has 248 valence electrons. The van der Waals surface area contributed by atoms with Gasteiger partial charge in [0.05, 0.1) is 24.8 Å². The average Bonchev–Trinajstić information content (AvgIpc) is 3.04. The molecule has 4 rings (SSSR count). The highest BCUT2D eigenvalue weighted by molar-refractivity contribution is 7.92. The maximum absolute atomic E-state index is 14.6. The zero-order valence-corrected chi connectivity index (χ0v) is 28.8. The Morgan fingerprint density at radius 3 is 2.11 bits per heavy atom. The Hall–Kier alpha value is -4.54. The first kappa shape index (κ1) is 35.3. The molecule has 0 heterocycles. The Morgan fingerprint density at radius 1 is 0.830 bits per heavy atom. The van der Waals surface area contributed by atoms with Gasteiger partial charge in [-0.3, -0.25) is 13.9 Å². The molecule has 0 aliphatic carbocycles. The summed E-state index contributed by atoms with van der Waals surface area (Å²) >= 11 is 6.31. The topological polar surface area (TPSA) is 105 Å². The van der Waals surface area contributed by atoms with E-state index in [1.807, 2.05) is 56.3 Å². The summed E-state index contributed by atoms with van der Waals surface area (Å²) in [6.07, 6.45) is 0.213. The maximum Gasteiger partial charge on any atom is 0.264 e. The number of nitrogens with one attached hydrogen (secondary N) is 1. The number of hydrogen-bond donors (Lipinski definition) is 1. The lowest BCUT2D eigenvalue weighted by atomic mass is 10.0. The third kappa shape index (κ3) is 8.84. The predicted octanol–water partition coefficient (Wildman–Crippen LogP) is 5.95. The van der Waals surface area contributed by atoms with Crippen LogP contribution < -0.4 is 19.1 Å². The minimum atomic E-state index is -4.34. The maximum atomic E-state index is 14.6. The van der Waals surface area contributed by atoms with Crippen LogP contribution in [0.1, 0.15) is 29.2 Å². The van der Waals surface area contributed by atoms with Crippen molar-refractivity contribution in [1.82, 2.24) is 10.2 Å². The lowest BCUT2D eigenvalue weighted by molar-refractivity contribution is -0.140. The number of rotatable bonds is 14. The van der Waals surface area contributed by atoms with Crippen LogP contribution in [0.5, 0.6) is 11.5 Å². The number of benzene rings is 4. The fourth-order valence-corrected chi connectivity index (χ4v) is 7.03. The molecule has 0 saturated heterocycles. The smallest absolute Gasteiger partial charge is 0.264 e. The van der Waals surface area contributed by atoms with Crippen LogP contribution in [0.15, 0.2) is 95.9 Å². The van der Waals surface area contributed by atoms with Crippen molar-refractivity contribution in [3.63, 3.8) is 0 Å². The predicted molar refractivity (Wildman–Crippen MR) is 185 cm³/mol. The zero-order chi connectivity index (χ0) is 34.1. The van der Waals surface area contributed by atoms with Gasteiger partial charge in [0.15, 0.2) is 11.5 Å². The van der Waals surface area contributed by atoms with Crippen molar-refractivity contribution < 1.29 is 27.5 Å². The molecule has 0 bridgehead atoms. The second-order valence-electron chi connectivity index (χ2n) is 11.1. The van der Waals surface area contributed by atoms with E-state index in [2.05, 4.69) is 5.32 Å². The van der Waals surface area contributed by atoms with Crippen molar-refractivity contribution in [3.8, 4) is 11.5 Å². The number of aryl methyl sites for hydroxylation is 2. The summed E-state index contributed by atoms with van der Waals surface area (Å²) in [5.41, 5.74) is 3.48. The Balaban J connectivity index is 1.85. The number of likely N-dealkylation sites (N-methyl/N-ethyl adjacent to an activating group) is 1. The zero-order valence-electron chi connectivity index (χ0n) is 27.2. The normalized spacial score (nSPS) is 11.8. The number of amides is 2. The van der Waals surface area contributed by atoms with E-state index in [9.17, 15) is 18.0 Å². The molecule has 1 N–H and O–H groups in total. The van der Waals surface area contributed by atoms with Gasteiger partial charge in [-0.2, -0.15) is 0 Å². The molecule has 47 heavy (non-hydrogen) atoms. The molecule has 0 aromatic heterocycles. The van der Waals surface area contributed by atoms with Crippen molar-refractivity contribution in [1.29, 1.82) is 0 Å². The Morgan fingerprint density at radius 2 is 1.49 bits per heavy atom. The van der Waals surface area contributed by atoms with Gasteiger partial charge >= 0.3 is 0 Å². The van der Waals surface area contributed by atoms with Crippen molar-refractivity contribution in [2.24, 2.45) is 0 Å². The summed E-state index contributed by atoms with van der Waals surface area (Å²) in [7, 11) is -1.46. The van der Waals surface area contributed by atoms with E-state index in [-0.39, 0.29) is 29.5 Å². The van der Waals surface area contributed by atoms with E-state index in [1.165, 1.54) is 37.3 Å². The van der Waals surface area contributed by atoms with Crippen molar-refractivity contribution in [3.05, 3.63) is 118 Å². The number of carbonyl (C=O) groups is 2. The second-order valence-corrected chi connectivity index (χ2v) is 13.4. The van der Waals surface area contributed by atoms with Crippen LogP contribution in [0.25, 0.3) is 0 Å². The lowest BCUT2D eigenvalue weighted by Crippen LogP contribution is -2.53. The van der Waals surface area contributed by atoms with Crippen LogP contribution in [0, 0.1) is 13.8 Å². The molecule has 0 fully saturated rings. The average molecular weight is 678 g/mol. The molecule has 0 saturated carbocycles. The molecule has 0 radical (unpaired) electrons. The molecule has 0 unspecified atom stereocenters. The van der Waals surface area contributed by atoms with Crippen LogP contribution in [0.2, 0.25) is 5.02 Å². The summed E-state index contributed by atoms with van der Waals surface area (Å²) in [5, 5.41) is 3.33. The van der Waals surface area contributed by atoms with E-state index in [1.54, 1.807) is 37.3 Å². The quantitative estimate of drug-likeness (QED) is 0.177. The third-order valence-electron chi connectivity index (χ3n) is 7.58. The van der Waals surface area contributed by atoms with E-state index in [4.69, 9.17) is 21.1 Å². The van der Waals surface area contributed by atoms with Crippen LogP contribution >= 0.6 is 11.6 Å². The Bertz CT molecular complexity index is 1800. The summed E-state index contributed by atoms with van der Waals surface area (Å²) in [6, 6.07) is 25.1. The van der Waals surface area contributed by atoms with E-state index in [0.29, 0.717) is 28.6 Å². The summed E-state index contributed by atoms with van der Waals surface area (Å²) < 4.78 is 40.7. The molecule has 0 aliphatic rings. The minimum Gasteiger partial charge on any atom is -0.493 e. The number of ether oxygens (including phenoxy) is 2. The summed E-state index contributed by atoms with van der Waals surface area (Å²) in [4.78, 5) is 29.6. The standard InChI is InChI=1S/C36H40ClN3O6S/c1-6-38-36(42)32(21-27-11-8-7-9-12-27)39(23-28-13-10-14-29(37)20-28)35(41)24-40(30-18-25(2)17-26(3)19-30)47(43,44)31-15-16-33(45-4)34(22-31)46-5/h7-20,22,32H,6,21,23-24H2,1-5H3,(H,38,42)/t32-/m0/s1. The van der Waals surface area contributed by atoms with Gasteiger partial charge in [0.1, 0.15) is 12.6 Å². The number of halogens is 1. The first-order valence-electron chi connectivity index (χ1n) is 15.2. The number of nitrogens with zero attached hydrogens (tertiary/aromatic N) is 2. The van der Waals surface area contributed by atoms with E-state index in [0.717, 1.165) is 21.0 Å². The number of methoxy groups -OCH3 is 2. The number of sulfonamides is 1. The molecular weight excluding hydrogens is 638 g/mol. The van der Waals surface area contributed by atoms with Gasteiger partial charge in [-0.25, -0.2) is 8.42 Å². The van der Waals surface area contributed by atoms with Gasteiger partial charge in [0.25, 0.3) is 10.0 Å². The van der Waals surface area contributed by atoms with Crippen LogP contribution in [-0.2, 0) is 32.6 Å². The van der Waals surface area contributed by atoms with Gasteiger partial charge in [-0.1, -0.05) is 60.1 Å². The molecule has 11 heteroatoms. The summed E-state index contributed by atoms with van der Waals surface area (Å²) in [5.74, 6) is -0.339. The van der Waals surface area contributed by atoms with Crippen LogP contribution in [0.4, 0.5) is 5.69 Å². The second kappa shape index (κ2) is 15.8. The monoisotopic (exact) mass is 677 g/mol. The Labute approximate surface area is 282 Å². The molecule has 2 amide bonds. The van der Waals surface area contributed by atoms with Gasteiger partial charge in [0, 0.05) is 30.6 Å². The number of anilines is 1. The van der Waals surface area contributed by atoms with E-state index >= 15 is 0 Å². The molecule has 4 aromatic rings. The van der Waals surface area contributed by atoms with Crippen LogP contribution in [-0.4, -0.2) is 58.5 Å². The highest BCUT2D eigenvalue weighted by Crippen LogP contribution is 2.33. The third-order valence-corrected chi connectivity index (χ3v) is 9.59. The highest BCUT2D eigenvalue weighted by atomic mass is 35.5. The summed E-state index contributed by atoms with van der Waals surface area (Å²) in [6.45, 7) is 5.31. The van der Waals surface area contributed by atoms with Gasteiger partial charge in [-0.05, 0) is 79.4 Å². The first-order valence-corrected chi connectivity index (χ1v) is 17.0. The van der Waals surface area contributed by atoms with E-state index < -0.39 is 28.5 Å².